The van der Waals surface area contributed by atoms with E-state index in [9.17, 15) is 38.9 Å². The molecule has 1 saturated heterocycles. The fourth-order valence-corrected chi connectivity index (χ4v) is 6.98. The number of fused-ring (bicyclic) bond motifs is 1. The fraction of sp³-hybridized carbons (Fsp3) is 0.233. The van der Waals surface area contributed by atoms with E-state index in [2.05, 4.69) is 16.0 Å². The summed E-state index contributed by atoms with van der Waals surface area (Å²) in [5.74, 6) is -2.23. The van der Waals surface area contributed by atoms with Crippen molar-refractivity contribution in [2.24, 2.45) is 0 Å². The molecular weight excluding hydrogens is 745 g/mol. The summed E-state index contributed by atoms with van der Waals surface area (Å²) in [6, 6.07) is 24.1. The van der Waals surface area contributed by atoms with Gasteiger partial charge in [-0.1, -0.05) is 31.4 Å². The largest absolute Gasteiger partial charge is 0.463 e. The predicted octanol–water partition coefficient (Wildman–Crippen LogP) is 6.69. The van der Waals surface area contributed by atoms with Crippen LogP contribution in [0.1, 0.15) is 82.4 Å². The Labute approximate surface area is 332 Å². The number of carbonyl (C=O) groups excluding carboxylic acids is 6. The van der Waals surface area contributed by atoms with Gasteiger partial charge in [0, 0.05) is 48.3 Å². The van der Waals surface area contributed by atoms with E-state index in [1.807, 2.05) is 24.3 Å². The molecule has 1 atom stereocenters. The van der Waals surface area contributed by atoms with Crippen LogP contribution >= 0.6 is 0 Å². The van der Waals surface area contributed by atoms with Gasteiger partial charge in [-0.2, -0.15) is 0 Å². The number of furan rings is 1. The number of piperidine rings is 1. The topological polar surface area (TPSA) is 211 Å². The van der Waals surface area contributed by atoms with Crippen LogP contribution in [0.2, 0.25) is 0 Å². The number of nitro benzene ring substituents is 1. The van der Waals surface area contributed by atoms with E-state index < -0.39 is 34.6 Å². The van der Waals surface area contributed by atoms with Crippen molar-refractivity contribution in [2.45, 2.75) is 57.4 Å². The van der Waals surface area contributed by atoms with Gasteiger partial charge in [0.1, 0.15) is 11.7 Å². The molecule has 58 heavy (non-hydrogen) atoms. The van der Waals surface area contributed by atoms with Crippen LogP contribution in [0.5, 0.6) is 0 Å². The average molecular weight is 783 g/mol. The van der Waals surface area contributed by atoms with Crippen molar-refractivity contribution >= 4 is 46.8 Å². The third-order valence-corrected chi connectivity index (χ3v) is 10.0. The van der Waals surface area contributed by atoms with E-state index >= 15 is 0 Å². The van der Waals surface area contributed by atoms with Gasteiger partial charge >= 0.3 is 0 Å². The van der Waals surface area contributed by atoms with E-state index in [0.29, 0.717) is 46.9 Å². The molecule has 0 bridgehead atoms. The second-order valence-corrected chi connectivity index (χ2v) is 14.0. The minimum atomic E-state index is -1.06. The first kappa shape index (κ1) is 39.0. The maximum absolute atomic E-state index is 13.1. The van der Waals surface area contributed by atoms with Gasteiger partial charge in [0.05, 0.1) is 28.0 Å². The summed E-state index contributed by atoms with van der Waals surface area (Å²) >= 11 is 0. The van der Waals surface area contributed by atoms with E-state index in [1.165, 1.54) is 24.3 Å². The van der Waals surface area contributed by atoms with Crippen LogP contribution in [0, 0.1) is 10.1 Å². The summed E-state index contributed by atoms with van der Waals surface area (Å²) < 4.78 is 5.59. The number of nitrogens with one attached hydrogen (secondary N) is 3. The van der Waals surface area contributed by atoms with Gasteiger partial charge < -0.3 is 15.1 Å². The molecule has 0 aliphatic carbocycles. The molecule has 2 aromatic heterocycles. The van der Waals surface area contributed by atoms with Crippen molar-refractivity contribution in [1.82, 2.24) is 20.5 Å². The molecule has 2 aliphatic heterocycles. The van der Waals surface area contributed by atoms with E-state index in [4.69, 9.17) is 9.40 Å². The second kappa shape index (κ2) is 17.2. The number of benzene rings is 3. The molecule has 294 valence electrons. The van der Waals surface area contributed by atoms with E-state index in [-0.39, 0.29) is 47.9 Å². The van der Waals surface area contributed by atoms with Gasteiger partial charge in [0.25, 0.3) is 23.4 Å². The first-order valence-corrected chi connectivity index (χ1v) is 18.9. The summed E-state index contributed by atoms with van der Waals surface area (Å²) in [6.45, 7) is 0.497. The standard InChI is InChI=1S/C43H38N6O9/c50-38(45-30-15-18-32-33(25-30)43(55)48(42(32)54)36-19-20-39(51)47-41(36)53)8-4-2-1-3-5-21-44-40(52)28-11-9-26(10-12-28)29-23-34(27-13-16-31(17-14-27)49(56)57)46-35(24-29)37-7-6-22-58-37/h6-7,9-18,22-25,36H,1-5,8,19-21H2,(H,44,52)(H,45,50)(H,47,51,53). The van der Waals surface area contributed by atoms with Crippen LogP contribution in [0.15, 0.2) is 102 Å². The smallest absolute Gasteiger partial charge is 0.269 e. The molecule has 15 heteroatoms. The number of non-ortho nitro benzene ring substituents is 1. The second-order valence-electron chi connectivity index (χ2n) is 14.0. The number of nitro groups is 1. The quantitative estimate of drug-likeness (QED) is 0.0443. The zero-order valence-corrected chi connectivity index (χ0v) is 31.2. The third-order valence-electron chi connectivity index (χ3n) is 10.0. The van der Waals surface area contributed by atoms with Crippen molar-refractivity contribution in [1.29, 1.82) is 0 Å². The summed E-state index contributed by atoms with van der Waals surface area (Å²) in [6.07, 6.45) is 5.87. The molecule has 15 nitrogen and oxygen atoms in total. The first-order valence-electron chi connectivity index (χ1n) is 18.9. The van der Waals surface area contributed by atoms with Crippen molar-refractivity contribution in [3.8, 4) is 33.8 Å². The highest BCUT2D eigenvalue weighted by molar-refractivity contribution is 6.24. The minimum absolute atomic E-state index is 0.0149. The number of hydrogen-bond donors (Lipinski definition) is 3. The average Bonchev–Trinajstić information content (AvgIpc) is 3.85. The highest BCUT2D eigenvalue weighted by Gasteiger charge is 2.44. The normalized spacial score (nSPS) is 14.9. The van der Waals surface area contributed by atoms with Crippen molar-refractivity contribution in [3.63, 3.8) is 0 Å². The number of rotatable bonds is 15. The number of anilines is 1. The molecule has 0 radical (unpaired) electrons. The number of carbonyl (C=O) groups is 6. The molecule has 0 spiro atoms. The maximum atomic E-state index is 13.1. The molecule has 5 aromatic rings. The minimum Gasteiger partial charge on any atom is -0.463 e. The van der Waals surface area contributed by atoms with Crippen molar-refractivity contribution in [2.75, 3.05) is 11.9 Å². The monoisotopic (exact) mass is 782 g/mol. The van der Waals surface area contributed by atoms with Crippen LogP contribution in [0.4, 0.5) is 11.4 Å². The Morgan fingerprint density at radius 3 is 2.24 bits per heavy atom. The summed E-state index contributed by atoms with van der Waals surface area (Å²) in [5, 5.41) is 19.0. The van der Waals surface area contributed by atoms with Gasteiger partial charge in [0.2, 0.25) is 17.7 Å². The lowest BCUT2D eigenvalue weighted by atomic mass is 10.00. The number of pyridine rings is 1. The lowest BCUT2D eigenvalue weighted by molar-refractivity contribution is -0.384. The lowest BCUT2D eigenvalue weighted by Crippen LogP contribution is -2.54. The van der Waals surface area contributed by atoms with Crippen LogP contribution in [0.3, 0.4) is 0 Å². The molecule has 7 rings (SSSR count). The molecule has 2 aliphatic rings. The number of aromatic nitrogens is 1. The lowest BCUT2D eigenvalue weighted by Gasteiger charge is -2.27. The number of amides is 6. The van der Waals surface area contributed by atoms with E-state index in [1.54, 1.807) is 48.7 Å². The van der Waals surface area contributed by atoms with Gasteiger partial charge in [-0.3, -0.25) is 49.1 Å². The fourth-order valence-electron chi connectivity index (χ4n) is 6.98. The number of hydrogen-bond acceptors (Lipinski definition) is 10. The molecule has 4 heterocycles. The summed E-state index contributed by atoms with van der Waals surface area (Å²) in [4.78, 5) is 91.6. The van der Waals surface area contributed by atoms with Crippen LogP contribution in [-0.4, -0.2) is 62.8 Å². The Morgan fingerprint density at radius 2 is 1.52 bits per heavy atom. The molecular formula is C43H38N6O9. The Hall–Kier alpha value is -7.29. The molecule has 1 fully saturated rings. The van der Waals surface area contributed by atoms with Crippen molar-refractivity contribution in [3.05, 3.63) is 124 Å². The van der Waals surface area contributed by atoms with Crippen LogP contribution in [0.25, 0.3) is 33.8 Å². The van der Waals surface area contributed by atoms with Gasteiger partial charge in [-0.25, -0.2) is 4.98 Å². The predicted molar refractivity (Wildman–Crippen MR) is 211 cm³/mol. The summed E-state index contributed by atoms with van der Waals surface area (Å²) in [7, 11) is 0. The molecule has 3 aromatic carbocycles. The van der Waals surface area contributed by atoms with Gasteiger partial charge in [0.15, 0.2) is 5.76 Å². The van der Waals surface area contributed by atoms with Gasteiger partial charge in [-0.05, 0) is 97.1 Å². The SMILES string of the molecule is O=C1CCC(N2C(=O)c3ccc(NC(=O)CCCCCCCNC(=O)c4ccc(-c5cc(-c6ccc([N+](=O)[O-])cc6)nc(-c6ccco6)c5)cc4)cc3C2=O)C(=O)N1. The summed E-state index contributed by atoms with van der Waals surface area (Å²) in [5.41, 5.74) is 4.69. The highest BCUT2D eigenvalue weighted by Crippen LogP contribution is 2.32. The van der Waals surface area contributed by atoms with Crippen LogP contribution < -0.4 is 16.0 Å². The molecule has 0 saturated carbocycles. The molecule has 1 unspecified atom stereocenters. The van der Waals surface area contributed by atoms with Crippen LogP contribution in [-0.2, 0) is 14.4 Å². The third kappa shape index (κ3) is 8.73. The first-order chi connectivity index (χ1) is 28.0. The van der Waals surface area contributed by atoms with Gasteiger partial charge in [-0.15, -0.1) is 0 Å². The zero-order chi connectivity index (χ0) is 40.8. The maximum Gasteiger partial charge on any atom is 0.269 e. The Bertz CT molecular complexity index is 2410. The Morgan fingerprint density at radius 1 is 0.810 bits per heavy atom. The molecule has 6 amide bonds. The number of imide groups is 2. The zero-order valence-electron chi connectivity index (χ0n) is 31.2. The Kier molecular flexibility index (Phi) is 11.6. The number of nitrogens with zero attached hydrogens (tertiary/aromatic N) is 3. The highest BCUT2D eigenvalue weighted by atomic mass is 16.6. The molecule has 3 N–H and O–H groups in total. The van der Waals surface area contributed by atoms with E-state index in [0.717, 1.165) is 41.7 Å². The number of unbranched alkanes of at least 4 members (excludes halogenated alkanes) is 4. The van der Waals surface area contributed by atoms with Crippen molar-refractivity contribution < 1.29 is 38.1 Å². The Balaban J connectivity index is 0.836.